The first kappa shape index (κ1) is 29.9. The van der Waals surface area contributed by atoms with Crippen LogP contribution in [0.2, 0.25) is 10.0 Å². The minimum atomic E-state index is -4.03. The summed E-state index contributed by atoms with van der Waals surface area (Å²) in [6.45, 7) is 7.12. The average Bonchev–Trinajstić information content (AvgIpc) is 2.80. The Morgan fingerprint density at radius 1 is 1.03 bits per heavy atom. The monoisotopic (exact) mass is 556 g/mol. The topological polar surface area (TPSA) is 90.0 Å². The Labute approximate surface area is 224 Å². The largest absolute Gasteiger partial charge is 0.355 e. The number of nitrogens with zero attached hydrogens (tertiary/aromatic N) is 3. The molecule has 0 saturated carbocycles. The zero-order chi connectivity index (χ0) is 27.2. The van der Waals surface area contributed by atoms with E-state index in [9.17, 15) is 18.0 Å². The van der Waals surface area contributed by atoms with E-state index in [0.717, 1.165) is 14.2 Å². The number of benzene rings is 2. The average molecular weight is 558 g/mol. The molecule has 0 radical (unpaired) electrons. The summed E-state index contributed by atoms with van der Waals surface area (Å²) in [5.74, 6) is -0.863. The van der Waals surface area contributed by atoms with Crippen molar-refractivity contribution in [2.75, 3.05) is 31.5 Å². The fraction of sp³-hybridized carbons (Fsp3) is 0.440. The second-order valence-corrected chi connectivity index (χ2v) is 11.6. The van der Waals surface area contributed by atoms with E-state index in [0.29, 0.717) is 39.8 Å². The van der Waals surface area contributed by atoms with E-state index in [-0.39, 0.29) is 12.5 Å². The van der Waals surface area contributed by atoms with Crippen molar-refractivity contribution in [1.29, 1.82) is 0 Å². The number of carbonyl (C=O) groups is 2. The molecule has 0 spiro atoms. The van der Waals surface area contributed by atoms with E-state index in [1.165, 1.54) is 19.0 Å². The van der Waals surface area contributed by atoms with Crippen molar-refractivity contribution in [2.45, 2.75) is 46.7 Å². The van der Waals surface area contributed by atoms with Gasteiger partial charge in [0.05, 0.1) is 5.69 Å². The molecule has 0 heterocycles. The van der Waals surface area contributed by atoms with Gasteiger partial charge in [0.25, 0.3) is 0 Å². The number of aryl methyl sites for hydroxylation is 2. The molecule has 0 aliphatic rings. The second kappa shape index (κ2) is 12.8. The predicted octanol–water partition coefficient (Wildman–Crippen LogP) is 4.17. The third-order valence-corrected chi connectivity index (χ3v) is 8.14. The van der Waals surface area contributed by atoms with Gasteiger partial charge in [0.1, 0.15) is 12.6 Å². The van der Waals surface area contributed by atoms with Gasteiger partial charge >= 0.3 is 10.2 Å². The van der Waals surface area contributed by atoms with Crippen LogP contribution in [0.5, 0.6) is 0 Å². The summed E-state index contributed by atoms with van der Waals surface area (Å²) in [6.07, 6.45) is 0.326. The number of carbonyl (C=O) groups excluding carboxylic acids is 2. The van der Waals surface area contributed by atoms with Gasteiger partial charge in [-0.2, -0.15) is 12.7 Å². The second-order valence-electron chi connectivity index (χ2n) is 8.66. The number of hydrogen-bond donors (Lipinski definition) is 1. The van der Waals surface area contributed by atoms with Gasteiger partial charge in [0.15, 0.2) is 0 Å². The first-order valence-corrected chi connectivity index (χ1v) is 13.8. The molecule has 0 aromatic heterocycles. The number of halogens is 2. The fourth-order valence-corrected chi connectivity index (χ4v) is 5.32. The van der Waals surface area contributed by atoms with Crippen LogP contribution in [-0.4, -0.2) is 62.7 Å². The number of rotatable bonds is 11. The third kappa shape index (κ3) is 7.12. The summed E-state index contributed by atoms with van der Waals surface area (Å²) in [4.78, 5) is 28.1. The highest BCUT2D eigenvalue weighted by Gasteiger charge is 2.34. The summed E-state index contributed by atoms with van der Waals surface area (Å²) in [5.41, 5.74) is 2.53. The van der Waals surface area contributed by atoms with Gasteiger partial charge in [-0.1, -0.05) is 48.3 Å². The highest BCUT2D eigenvalue weighted by Crippen LogP contribution is 2.27. The number of hydrogen-bond acceptors (Lipinski definition) is 4. The lowest BCUT2D eigenvalue weighted by Gasteiger charge is -2.34. The van der Waals surface area contributed by atoms with Gasteiger partial charge in [0.2, 0.25) is 11.8 Å². The van der Waals surface area contributed by atoms with Gasteiger partial charge in [-0.3, -0.25) is 9.59 Å². The van der Waals surface area contributed by atoms with Gasteiger partial charge in [-0.05, 0) is 62.1 Å². The van der Waals surface area contributed by atoms with Crippen molar-refractivity contribution in [2.24, 2.45) is 0 Å². The smallest absolute Gasteiger partial charge is 0.304 e. The van der Waals surface area contributed by atoms with Crippen LogP contribution in [0.3, 0.4) is 0 Å². The quantitative estimate of drug-likeness (QED) is 0.449. The molecule has 0 fully saturated rings. The van der Waals surface area contributed by atoms with Crippen LogP contribution in [0.15, 0.2) is 36.4 Å². The Kier molecular flexibility index (Phi) is 10.6. The lowest BCUT2D eigenvalue weighted by atomic mass is 10.1. The van der Waals surface area contributed by atoms with Crippen molar-refractivity contribution in [3.63, 3.8) is 0 Å². The molecule has 2 aromatic carbocycles. The Bertz CT molecular complexity index is 1200. The van der Waals surface area contributed by atoms with Gasteiger partial charge < -0.3 is 10.2 Å². The van der Waals surface area contributed by atoms with E-state index in [1.807, 2.05) is 19.1 Å². The van der Waals surface area contributed by atoms with Crippen molar-refractivity contribution in [3.8, 4) is 0 Å². The molecule has 1 atom stereocenters. The third-order valence-electron chi connectivity index (χ3n) is 5.74. The van der Waals surface area contributed by atoms with Gasteiger partial charge in [-0.25, -0.2) is 4.31 Å². The SMILES string of the molecule is CCNC(=O)[C@@H](CC)N(Cc1ccc(Cl)cc1Cl)C(=O)CN(c1cc(C)ccc1C)S(=O)(=O)N(C)C. The molecule has 198 valence electrons. The summed E-state index contributed by atoms with van der Waals surface area (Å²) >= 11 is 12.4. The minimum Gasteiger partial charge on any atom is -0.355 e. The van der Waals surface area contributed by atoms with Crippen molar-refractivity contribution >= 4 is 50.9 Å². The molecule has 0 bridgehead atoms. The predicted molar refractivity (Wildman–Crippen MR) is 146 cm³/mol. The van der Waals surface area contributed by atoms with Crippen LogP contribution in [0.4, 0.5) is 5.69 Å². The molecular formula is C25H34Cl2N4O4S. The van der Waals surface area contributed by atoms with Crippen LogP contribution < -0.4 is 9.62 Å². The van der Waals surface area contributed by atoms with Crippen LogP contribution in [0.25, 0.3) is 0 Å². The van der Waals surface area contributed by atoms with Gasteiger partial charge in [-0.15, -0.1) is 0 Å². The molecule has 0 saturated heterocycles. The van der Waals surface area contributed by atoms with Crippen LogP contribution in [0, 0.1) is 13.8 Å². The Morgan fingerprint density at radius 3 is 2.25 bits per heavy atom. The van der Waals surface area contributed by atoms with Crippen LogP contribution >= 0.6 is 23.2 Å². The zero-order valence-corrected chi connectivity index (χ0v) is 23.8. The molecule has 36 heavy (non-hydrogen) atoms. The summed E-state index contributed by atoms with van der Waals surface area (Å²) in [7, 11) is -1.22. The lowest BCUT2D eigenvalue weighted by molar-refractivity contribution is -0.140. The standard InChI is InChI=1S/C25H34Cl2N4O4S/c1-7-22(25(33)28-8-2)30(15-19-11-12-20(26)14-21(19)27)24(32)16-31(36(34,35)29(5)6)23-13-17(3)9-10-18(23)4/h9-14,22H,7-8,15-16H2,1-6H3,(H,28,33)/t22-/m1/s1. The maximum Gasteiger partial charge on any atom is 0.304 e. The number of nitrogens with one attached hydrogen (secondary N) is 1. The highest BCUT2D eigenvalue weighted by molar-refractivity contribution is 7.90. The molecule has 0 aliphatic carbocycles. The molecule has 2 rings (SSSR count). The van der Waals surface area contributed by atoms with E-state index in [1.54, 1.807) is 45.0 Å². The highest BCUT2D eigenvalue weighted by atomic mass is 35.5. The van der Waals surface area contributed by atoms with E-state index in [2.05, 4.69) is 5.32 Å². The van der Waals surface area contributed by atoms with Crippen molar-refractivity contribution in [1.82, 2.24) is 14.5 Å². The molecule has 2 aromatic rings. The summed E-state index contributed by atoms with van der Waals surface area (Å²) in [6, 6.07) is 9.48. The van der Waals surface area contributed by atoms with Crippen molar-refractivity contribution < 1.29 is 18.0 Å². The fourth-order valence-electron chi connectivity index (χ4n) is 3.73. The molecular weight excluding hydrogens is 523 g/mol. The molecule has 0 aliphatic heterocycles. The van der Waals surface area contributed by atoms with E-state index in [4.69, 9.17) is 23.2 Å². The summed E-state index contributed by atoms with van der Waals surface area (Å²) in [5, 5.41) is 3.55. The zero-order valence-electron chi connectivity index (χ0n) is 21.5. The first-order chi connectivity index (χ1) is 16.8. The molecule has 11 heteroatoms. The Hall–Kier alpha value is -2.33. The van der Waals surface area contributed by atoms with E-state index >= 15 is 0 Å². The molecule has 8 nitrogen and oxygen atoms in total. The number of amides is 2. The number of likely N-dealkylation sites (N-methyl/N-ethyl adjacent to an activating group) is 1. The van der Waals surface area contributed by atoms with Crippen molar-refractivity contribution in [3.05, 3.63) is 63.1 Å². The Balaban J connectivity index is 2.58. The maximum atomic E-state index is 13.8. The van der Waals surface area contributed by atoms with Crippen LogP contribution in [-0.2, 0) is 26.3 Å². The number of anilines is 1. The van der Waals surface area contributed by atoms with E-state index < -0.39 is 28.7 Å². The normalized spacial score (nSPS) is 12.4. The summed E-state index contributed by atoms with van der Waals surface area (Å²) < 4.78 is 28.8. The molecule has 1 N–H and O–H groups in total. The Morgan fingerprint density at radius 2 is 1.69 bits per heavy atom. The molecule has 0 unspecified atom stereocenters. The first-order valence-electron chi connectivity index (χ1n) is 11.6. The molecule has 2 amide bonds. The lowest BCUT2D eigenvalue weighted by Crippen LogP contribution is -2.53. The minimum absolute atomic E-state index is 0.00707. The maximum absolute atomic E-state index is 13.8. The van der Waals surface area contributed by atoms with Crippen LogP contribution in [0.1, 0.15) is 37.0 Å². The van der Waals surface area contributed by atoms with Gasteiger partial charge in [0, 0.05) is 37.2 Å².